The zero-order valence-corrected chi connectivity index (χ0v) is 12.5. The molecule has 1 N–H and O–H groups in total. The van der Waals surface area contributed by atoms with Crippen molar-refractivity contribution in [2.75, 3.05) is 43.0 Å². The van der Waals surface area contributed by atoms with Crippen molar-refractivity contribution in [2.45, 2.75) is 32.7 Å². The Morgan fingerprint density at radius 2 is 1.89 bits per heavy atom. The van der Waals surface area contributed by atoms with Crippen molar-refractivity contribution in [3.63, 3.8) is 0 Å². The summed E-state index contributed by atoms with van der Waals surface area (Å²) in [6.45, 7) is 8.95. The van der Waals surface area contributed by atoms with Gasteiger partial charge in [0.05, 0.1) is 11.4 Å². The van der Waals surface area contributed by atoms with Crippen LogP contribution in [0.1, 0.15) is 26.7 Å². The van der Waals surface area contributed by atoms with E-state index in [9.17, 15) is 0 Å². The van der Waals surface area contributed by atoms with E-state index in [0.29, 0.717) is 6.04 Å². The molecule has 1 heterocycles. The number of nitrogens with one attached hydrogen (secondary N) is 1. The van der Waals surface area contributed by atoms with Crippen LogP contribution in [-0.4, -0.2) is 39.3 Å². The molecule has 3 heteroatoms. The van der Waals surface area contributed by atoms with Gasteiger partial charge in [0.1, 0.15) is 0 Å². The summed E-state index contributed by atoms with van der Waals surface area (Å²) >= 11 is 0. The first-order valence-corrected chi connectivity index (χ1v) is 7.55. The number of fused-ring (bicyclic) bond motifs is 1. The number of rotatable bonds is 6. The summed E-state index contributed by atoms with van der Waals surface area (Å²) in [7, 11) is 2.19. The maximum Gasteiger partial charge on any atom is 0.0607 e. The number of hydrogen-bond donors (Lipinski definition) is 1. The number of para-hydroxylation sites is 2. The van der Waals surface area contributed by atoms with E-state index >= 15 is 0 Å². The maximum absolute atomic E-state index is 3.57. The number of hydrogen-bond acceptors (Lipinski definition) is 3. The molecule has 1 atom stereocenters. The molecule has 0 bridgehead atoms. The molecule has 0 amide bonds. The van der Waals surface area contributed by atoms with Crippen molar-refractivity contribution in [1.29, 1.82) is 0 Å². The predicted octanol–water partition coefficient (Wildman–Crippen LogP) is 2.72. The van der Waals surface area contributed by atoms with Crippen LogP contribution in [0.15, 0.2) is 24.3 Å². The van der Waals surface area contributed by atoms with Gasteiger partial charge in [-0.3, -0.25) is 0 Å². The zero-order chi connectivity index (χ0) is 13.7. The lowest BCUT2D eigenvalue weighted by molar-refractivity contribution is 0.512. The predicted molar refractivity (Wildman–Crippen MR) is 84.3 cm³/mol. The Labute approximate surface area is 117 Å². The third-order valence-corrected chi connectivity index (χ3v) is 4.00. The molecule has 2 rings (SSSR count). The van der Waals surface area contributed by atoms with Gasteiger partial charge in [-0.1, -0.05) is 26.0 Å². The van der Waals surface area contributed by atoms with Gasteiger partial charge >= 0.3 is 0 Å². The van der Waals surface area contributed by atoms with Gasteiger partial charge < -0.3 is 15.1 Å². The van der Waals surface area contributed by atoms with E-state index in [2.05, 4.69) is 60.3 Å². The Balaban J connectivity index is 2.13. The second-order valence-corrected chi connectivity index (χ2v) is 5.37. The fourth-order valence-corrected chi connectivity index (χ4v) is 2.83. The van der Waals surface area contributed by atoms with Gasteiger partial charge in [-0.15, -0.1) is 0 Å². The van der Waals surface area contributed by atoms with Gasteiger partial charge in [0.15, 0.2) is 0 Å². The van der Waals surface area contributed by atoms with Gasteiger partial charge in [0.25, 0.3) is 0 Å². The first kappa shape index (κ1) is 14.2. The third-order valence-electron chi connectivity index (χ3n) is 4.00. The Kier molecular flexibility index (Phi) is 5.08. The highest BCUT2D eigenvalue weighted by atomic mass is 15.3. The maximum atomic E-state index is 3.57. The van der Waals surface area contributed by atoms with Crippen LogP contribution in [0, 0.1) is 0 Å². The molecule has 1 aromatic rings. The second kappa shape index (κ2) is 6.80. The lowest BCUT2D eigenvalue weighted by Crippen LogP contribution is -2.48. The van der Waals surface area contributed by atoms with Gasteiger partial charge in [0, 0.05) is 32.7 Å². The van der Waals surface area contributed by atoms with Crippen LogP contribution in [0.2, 0.25) is 0 Å². The zero-order valence-electron chi connectivity index (χ0n) is 12.5. The van der Waals surface area contributed by atoms with Crippen LogP contribution in [0.3, 0.4) is 0 Å². The molecular weight excluding hydrogens is 234 g/mol. The summed E-state index contributed by atoms with van der Waals surface area (Å²) in [5.41, 5.74) is 2.75. The van der Waals surface area contributed by atoms with E-state index in [-0.39, 0.29) is 0 Å². The standard InChI is InChI=1S/C16H27N3/c1-4-10-17-13-14(5-2)19-12-11-18(3)15-8-6-7-9-16(15)19/h6-9,14,17H,4-5,10-13H2,1-3H3. The van der Waals surface area contributed by atoms with Gasteiger partial charge in [0.2, 0.25) is 0 Å². The van der Waals surface area contributed by atoms with Gasteiger partial charge in [-0.2, -0.15) is 0 Å². The molecule has 3 nitrogen and oxygen atoms in total. The number of nitrogens with zero attached hydrogens (tertiary/aromatic N) is 2. The average Bonchev–Trinajstić information content (AvgIpc) is 2.45. The molecule has 19 heavy (non-hydrogen) atoms. The lowest BCUT2D eigenvalue weighted by Gasteiger charge is -2.41. The van der Waals surface area contributed by atoms with E-state index in [0.717, 1.165) is 26.2 Å². The highest BCUT2D eigenvalue weighted by molar-refractivity contribution is 5.73. The van der Waals surface area contributed by atoms with Gasteiger partial charge in [-0.05, 0) is 31.5 Å². The summed E-state index contributed by atoms with van der Waals surface area (Å²) in [4.78, 5) is 4.94. The minimum Gasteiger partial charge on any atom is -0.371 e. The van der Waals surface area contributed by atoms with Crippen molar-refractivity contribution < 1.29 is 0 Å². The molecule has 0 radical (unpaired) electrons. The monoisotopic (exact) mass is 261 g/mol. The van der Waals surface area contributed by atoms with Crippen molar-refractivity contribution >= 4 is 11.4 Å². The lowest BCUT2D eigenvalue weighted by atomic mass is 10.1. The highest BCUT2D eigenvalue weighted by Crippen LogP contribution is 2.33. The second-order valence-electron chi connectivity index (χ2n) is 5.37. The quantitative estimate of drug-likeness (QED) is 0.794. The summed E-state index contributed by atoms with van der Waals surface area (Å²) in [5.74, 6) is 0. The Hall–Kier alpha value is -1.22. The SMILES string of the molecule is CCCNCC(CC)N1CCN(C)c2ccccc21. The van der Waals surface area contributed by atoms with Crippen molar-refractivity contribution in [1.82, 2.24) is 5.32 Å². The van der Waals surface area contributed by atoms with Crippen LogP contribution < -0.4 is 15.1 Å². The van der Waals surface area contributed by atoms with Crippen LogP contribution in [0.5, 0.6) is 0 Å². The average molecular weight is 261 g/mol. The van der Waals surface area contributed by atoms with E-state index in [4.69, 9.17) is 0 Å². The summed E-state index contributed by atoms with van der Waals surface area (Å²) < 4.78 is 0. The van der Waals surface area contributed by atoms with Crippen molar-refractivity contribution in [3.05, 3.63) is 24.3 Å². The third kappa shape index (κ3) is 3.21. The normalized spacial score (nSPS) is 16.4. The molecular formula is C16H27N3. The number of benzene rings is 1. The fourth-order valence-electron chi connectivity index (χ4n) is 2.83. The number of likely N-dealkylation sites (N-methyl/N-ethyl adjacent to an activating group) is 1. The van der Waals surface area contributed by atoms with E-state index < -0.39 is 0 Å². The van der Waals surface area contributed by atoms with Crippen LogP contribution in [0.4, 0.5) is 11.4 Å². The topological polar surface area (TPSA) is 18.5 Å². The van der Waals surface area contributed by atoms with E-state index in [1.54, 1.807) is 0 Å². The molecule has 0 saturated carbocycles. The van der Waals surface area contributed by atoms with E-state index in [1.165, 1.54) is 24.2 Å². The number of anilines is 2. The molecule has 1 aliphatic rings. The molecule has 0 aliphatic carbocycles. The van der Waals surface area contributed by atoms with Crippen LogP contribution in [-0.2, 0) is 0 Å². The van der Waals surface area contributed by atoms with Crippen LogP contribution >= 0.6 is 0 Å². The Bertz CT molecular complexity index is 391. The molecule has 1 aromatic carbocycles. The van der Waals surface area contributed by atoms with Crippen molar-refractivity contribution in [2.24, 2.45) is 0 Å². The minimum absolute atomic E-state index is 0.599. The smallest absolute Gasteiger partial charge is 0.0607 e. The minimum atomic E-state index is 0.599. The molecule has 0 aromatic heterocycles. The summed E-state index contributed by atoms with van der Waals surface area (Å²) in [6.07, 6.45) is 2.39. The van der Waals surface area contributed by atoms with Gasteiger partial charge in [-0.25, -0.2) is 0 Å². The largest absolute Gasteiger partial charge is 0.371 e. The first-order valence-electron chi connectivity index (χ1n) is 7.55. The molecule has 0 spiro atoms. The van der Waals surface area contributed by atoms with E-state index in [1.807, 2.05) is 0 Å². The summed E-state index contributed by atoms with van der Waals surface area (Å²) in [6, 6.07) is 9.37. The Morgan fingerprint density at radius 1 is 1.16 bits per heavy atom. The fraction of sp³-hybridized carbons (Fsp3) is 0.625. The highest BCUT2D eigenvalue weighted by Gasteiger charge is 2.24. The molecule has 0 saturated heterocycles. The summed E-state index contributed by atoms with van der Waals surface area (Å²) in [5, 5.41) is 3.57. The first-order chi connectivity index (χ1) is 9.27. The molecule has 1 aliphatic heterocycles. The van der Waals surface area contributed by atoms with Crippen molar-refractivity contribution in [3.8, 4) is 0 Å². The molecule has 106 valence electrons. The van der Waals surface area contributed by atoms with Crippen LogP contribution in [0.25, 0.3) is 0 Å². The molecule has 0 fully saturated rings. The molecule has 1 unspecified atom stereocenters. The Morgan fingerprint density at radius 3 is 2.58 bits per heavy atom.